The van der Waals surface area contributed by atoms with Crippen molar-refractivity contribution in [3.63, 3.8) is 0 Å². The molecule has 0 spiro atoms. The molecule has 1 aliphatic rings. The Morgan fingerprint density at radius 3 is 2.70 bits per heavy atom. The average Bonchev–Trinajstić information content (AvgIpc) is 3.25. The van der Waals surface area contributed by atoms with Gasteiger partial charge in [-0.25, -0.2) is 0 Å². The zero-order chi connectivity index (χ0) is 15.6. The molecule has 4 heteroatoms. The predicted octanol–water partition coefficient (Wildman–Crippen LogP) is 3.65. The normalized spacial score (nSPS) is 17.5. The van der Waals surface area contributed by atoms with Crippen LogP contribution in [0.1, 0.15) is 6.42 Å². The van der Waals surface area contributed by atoms with Crippen molar-refractivity contribution in [2.45, 2.75) is 6.42 Å². The largest absolute Gasteiger partial charge is 0.456 e. The fourth-order valence-electron chi connectivity index (χ4n) is 2.96. The highest BCUT2D eigenvalue weighted by molar-refractivity contribution is 5.93. The van der Waals surface area contributed by atoms with Gasteiger partial charge in [-0.3, -0.25) is 4.79 Å². The Balaban J connectivity index is 1.52. The molecule has 1 atom stereocenters. The Morgan fingerprint density at radius 2 is 1.96 bits per heavy atom. The first-order valence-electron chi connectivity index (χ1n) is 7.90. The van der Waals surface area contributed by atoms with E-state index < -0.39 is 0 Å². The molecule has 2 N–H and O–H groups in total. The van der Waals surface area contributed by atoms with Crippen molar-refractivity contribution in [3.05, 3.63) is 54.6 Å². The molecule has 3 aromatic rings. The van der Waals surface area contributed by atoms with E-state index in [0.29, 0.717) is 0 Å². The number of carbonyl (C=O) groups excluding carboxylic acids is 1. The molecule has 1 aromatic heterocycles. The summed E-state index contributed by atoms with van der Waals surface area (Å²) < 4.78 is 5.86. The fourth-order valence-corrected chi connectivity index (χ4v) is 2.96. The summed E-state index contributed by atoms with van der Waals surface area (Å²) in [6.07, 6.45) is 0.906. The van der Waals surface area contributed by atoms with E-state index in [1.807, 2.05) is 54.6 Å². The van der Waals surface area contributed by atoms with Gasteiger partial charge in [-0.1, -0.05) is 18.2 Å². The van der Waals surface area contributed by atoms with Crippen LogP contribution in [0.25, 0.3) is 22.3 Å². The number of nitrogens with one attached hydrogen (secondary N) is 2. The van der Waals surface area contributed by atoms with Gasteiger partial charge in [-0.2, -0.15) is 0 Å². The summed E-state index contributed by atoms with van der Waals surface area (Å²) >= 11 is 0. The predicted molar refractivity (Wildman–Crippen MR) is 91.3 cm³/mol. The number of hydrogen-bond donors (Lipinski definition) is 2. The molecule has 23 heavy (non-hydrogen) atoms. The zero-order valence-electron chi connectivity index (χ0n) is 12.7. The SMILES string of the molecule is O=C(Nc1ccc(-c2cc3ccccc3o2)cc1)[C@@H]1CCNC1. The monoisotopic (exact) mass is 306 g/mol. The minimum atomic E-state index is 0.0741. The van der Waals surface area contributed by atoms with Gasteiger partial charge in [-0.15, -0.1) is 0 Å². The number of para-hydroxylation sites is 1. The van der Waals surface area contributed by atoms with Crippen LogP contribution in [0.4, 0.5) is 5.69 Å². The fraction of sp³-hybridized carbons (Fsp3) is 0.211. The van der Waals surface area contributed by atoms with Crippen LogP contribution in [-0.4, -0.2) is 19.0 Å². The standard InChI is InChI=1S/C19H18N2O2/c22-19(15-9-10-20-12-15)21-16-7-5-13(6-8-16)18-11-14-3-1-2-4-17(14)23-18/h1-8,11,15,20H,9-10,12H2,(H,21,22)/t15-/m1/s1. The molecular formula is C19H18N2O2. The van der Waals surface area contributed by atoms with Crippen LogP contribution >= 0.6 is 0 Å². The minimum Gasteiger partial charge on any atom is -0.456 e. The molecule has 1 amide bonds. The molecule has 4 rings (SSSR count). The van der Waals surface area contributed by atoms with Crippen LogP contribution in [0.3, 0.4) is 0 Å². The molecule has 0 bridgehead atoms. The lowest BCUT2D eigenvalue weighted by Gasteiger charge is -2.10. The van der Waals surface area contributed by atoms with Gasteiger partial charge >= 0.3 is 0 Å². The first kappa shape index (κ1) is 14.0. The van der Waals surface area contributed by atoms with Gasteiger partial charge in [0.2, 0.25) is 5.91 Å². The lowest BCUT2D eigenvalue weighted by molar-refractivity contribution is -0.119. The lowest BCUT2D eigenvalue weighted by Crippen LogP contribution is -2.24. The van der Waals surface area contributed by atoms with E-state index in [9.17, 15) is 4.79 Å². The quantitative estimate of drug-likeness (QED) is 0.776. The smallest absolute Gasteiger partial charge is 0.228 e. The van der Waals surface area contributed by atoms with Crippen LogP contribution in [0.5, 0.6) is 0 Å². The maximum atomic E-state index is 12.1. The Kier molecular flexibility index (Phi) is 3.60. The van der Waals surface area contributed by atoms with Gasteiger partial charge in [0.25, 0.3) is 0 Å². The highest BCUT2D eigenvalue weighted by Crippen LogP contribution is 2.28. The Bertz CT molecular complexity index is 797. The summed E-state index contributed by atoms with van der Waals surface area (Å²) in [7, 11) is 0. The molecule has 1 saturated heterocycles. The molecule has 0 radical (unpaired) electrons. The van der Waals surface area contributed by atoms with Crippen molar-refractivity contribution in [2.75, 3.05) is 18.4 Å². The van der Waals surface area contributed by atoms with E-state index >= 15 is 0 Å². The zero-order valence-corrected chi connectivity index (χ0v) is 12.7. The Hall–Kier alpha value is -2.59. The van der Waals surface area contributed by atoms with Crippen LogP contribution < -0.4 is 10.6 Å². The molecular weight excluding hydrogens is 288 g/mol. The summed E-state index contributed by atoms with van der Waals surface area (Å²) in [5, 5.41) is 7.28. The van der Waals surface area contributed by atoms with Gasteiger partial charge in [0.1, 0.15) is 11.3 Å². The van der Waals surface area contributed by atoms with Crippen LogP contribution in [0, 0.1) is 5.92 Å². The highest BCUT2D eigenvalue weighted by atomic mass is 16.3. The van der Waals surface area contributed by atoms with Crippen LogP contribution in [0.15, 0.2) is 59.0 Å². The molecule has 2 heterocycles. The summed E-state index contributed by atoms with van der Waals surface area (Å²) in [5.74, 6) is 1.00. The molecule has 2 aromatic carbocycles. The van der Waals surface area contributed by atoms with Gasteiger partial charge in [0.15, 0.2) is 0 Å². The van der Waals surface area contributed by atoms with Gasteiger partial charge in [-0.05, 0) is 49.4 Å². The van der Waals surface area contributed by atoms with Crippen molar-refractivity contribution in [2.24, 2.45) is 5.92 Å². The Morgan fingerprint density at radius 1 is 1.13 bits per heavy atom. The second-order valence-electron chi connectivity index (χ2n) is 5.90. The number of fused-ring (bicyclic) bond motifs is 1. The average molecular weight is 306 g/mol. The second kappa shape index (κ2) is 5.89. The van der Waals surface area contributed by atoms with Crippen molar-refractivity contribution in [1.82, 2.24) is 5.32 Å². The van der Waals surface area contributed by atoms with Gasteiger partial charge < -0.3 is 15.1 Å². The summed E-state index contributed by atoms with van der Waals surface area (Å²) in [5.41, 5.74) is 2.71. The first-order valence-corrected chi connectivity index (χ1v) is 7.90. The van der Waals surface area contributed by atoms with Gasteiger partial charge in [0.05, 0.1) is 5.92 Å². The van der Waals surface area contributed by atoms with Crippen molar-refractivity contribution >= 4 is 22.6 Å². The van der Waals surface area contributed by atoms with Crippen molar-refractivity contribution < 1.29 is 9.21 Å². The number of benzene rings is 2. The highest BCUT2D eigenvalue weighted by Gasteiger charge is 2.22. The van der Waals surface area contributed by atoms with Crippen molar-refractivity contribution in [3.8, 4) is 11.3 Å². The molecule has 1 fully saturated rings. The first-order chi connectivity index (χ1) is 11.3. The number of anilines is 1. The summed E-state index contributed by atoms with van der Waals surface area (Å²) in [4.78, 5) is 12.1. The van der Waals surface area contributed by atoms with E-state index in [0.717, 1.165) is 47.5 Å². The Labute approximate surface area is 134 Å². The number of rotatable bonds is 3. The molecule has 0 unspecified atom stereocenters. The van der Waals surface area contributed by atoms with Crippen molar-refractivity contribution in [1.29, 1.82) is 0 Å². The molecule has 0 aliphatic carbocycles. The van der Waals surface area contributed by atoms with Gasteiger partial charge in [0, 0.05) is 23.2 Å². The minimum absolute atomic E-state index is 0.0741. The number of furan rings is 1. The number of amides is 1. The van der Waals surface area contributed by atoms with E-state index in [1.54, 1.807) is 0 Å². The maximum Gasteiger partial charge on any atom is 0.228 e. The molecule has 0 saturated carbocycles. The number of hydrogen-bond acceptors (Lipinski definition) is 3. The third-order valence-corrected chi connectivity index (χ3v) is 4.29. The lowest BCUT2D eigenvalue weighted by atomic mass is 10.1. The number of carbonyl (C=O) groups is 1. The topological polar surface area (TPSA) is 54.3 Å². The van der Waals surface area contributed by atoms with E-state index in [2.05, 4.69) is 10.6 Å². The third kappa shape index (κ3) is 2.85. The summed E-state index contributed by atoms with van der Waals surface area (Å²) in [6, 6.07) is 17.8. The molecule has 4 nitrogen and oxygen atoms in total. The summed E-state index contributed by atoms with van der Waals surface area (Å²) in [6.45, 7) is 1.69. The molecule has 1 aliphatic heterocycles. The van der Waals surface area contributed by atoms with E-state index in [1.165, 1.54) is 0 Å². The second-order valence-corrected chi connectivity index (χ2v) is 5.90. The van der Waals surface area contributed by atoms with E-state index in [-0.39, 0.29) is 11.8 Å². The van der Waals surface area contributed by atoms with E-state index in [4.69, 9.17) is 4.42 Å². The third-order valence-electron chi connectivity index (χ3n) is 4.29. The maximum absolute atomic E-state index is 12.1. The van der Waals surface area contributed by atoms with Crippen LogP contribution in [0.2, 0.25) is 0 Å². The molecule has 116 valence electrons. The van der Waals surface area contributed by atoms with Crippen LogP contribution in [-0.2, 0) is 4.79 Å².